The average molecular weight is 216 g/mol. The first kappa shape index (κ1) is 10.3. The summed E-state index contributed by atoms with van der Waals surface area (Å²) in [6, 6.07) is 9.00. The Hall–Kier alpha value is -2.22. The quantitative estimate of drug-likeness (QED) is 0.592. The van der Waals surface area contributed by atoms with Gasteiger partial charge in [-0.05, 0) is 24.3 Å². The molecule has 82 valence electrons. The molecule has 1 aromatic rings. The lowest BCUT2D eigenvalue weighted by molar-refractivity contribution is 0.225. The number of nitriles is 1. The molecule has 5 heteroatoms. The second kappa shape index (κ2) is 4.11. The number of carbonyl (C=O) groups excluding carboxylic acids is 1. The molecule has 2 N–H and O–H groups in total. The second-order valence-corrected chi connectivity index (χ2v) is 3.61. The van der Waals surface area contributed by atoms with Gasteiger partial charge in [0.15, 0.2) is 0 Å². The maximum atomic E-state index is 11.9. The van der Waals surface area contributed by atoms with Crippen LogP contribution in [0.3, 0.4) is 0 Å². The number of benzene rings is 1. The summed E-state index contributed by atoms with van der Waals surface area (Å²) in [5.74, 6) is 0. The molecule has 1 aliphatic rings. The third-order valence-corrected chi connectivity index (χ3v) is 2.56. The fraction of sp³-hybridized carbons (Fsp3) is 0.273. The molecule has 0 radical (unpaired) electrons. The molecule has 5 nitrogen and oxygen atoms in total. The van der Waals surface area contributed by atoms with Crippen molar-refractivity contribution in [2.75, 3.05) is 30.3 Å². The summed E-state index contributed by atoms with van der Waals surface area (Å²) >= 11 is 0. The number of nitrogen functional groups attached to an aromatic ring is 1. The molecule has 1 aromatic carbocycles. The Morgan fingerprint density at radius 3 is 2.62 bits per heavy atom. The summed E-state index contributed by atoms with van der Waals surface area (Å²) in [4.78, 5) is 15.0. The van der Waals surface area contributed by atoms with E-state index in [9.17, 15) is 4.79 Å². The van der Waals surface area contributed by atoms with Crippen molar-refractivity contribution >= 4 is 17.4 Å². The van der Waals surface area contributed by atoms with E-state index in [4.69, 9.17) is 11.0 Å². The minimum atomic E-state index is -0.119. The van der Waals surface area contributed by atoms with Crippen LogP contribution < -0.4 is 10.6 Å². The minimum absolute atomic E-state index is 0.119. The molecule has 1 saturated heterocycles. The Balaban J connectivity index is 2.16. The van der Waals surface area contributed by atoms with Crippen molar-refractivity contribution < 1.29 is 4.79 Å². The maximum absolute atomic E-state index is 11.9. The third kappa shape index (κ3) is 1.77. The van der Waals surface area contributed by atoms with Gasteiger partial charge in [0.1, 0.15) is 6.54 Å². The lowest BCUT2D eigenvalue weighted by Gasteiger charge is -2.16. The number of urea groups is 1. The van der Waals surface area contributed by atoms with Gasteiger partial charge in [-0.2, -0.15) is 5.26 Å². The SMILES string of the molecule is N#CCN1CCN(c2ccc(N)cc2)C1=O. The average Bonchev–Trinajstić information content (AvgIpc) is 2.63. The summed E-state index contributed by atoms with van der Waals surface area (Å²) in [6.07, 6.45) is 0. The predicted molar refractivity (Wildman–Crippen MR) is 60.8 cm³/mol. The van der Waals surface area contributed by atoms with Crippen LogP contribution >= 0.6 is 0 Å². The molecule has 1 aliphatic heterocycles. The lowest BCUT2D eigenvalue weighted by Crippen LogP contribution is -2.31. The van der Waals surface area contributed by atoms with Gasteiger partial charge in [-0.3, -0.25) is 4.90 Å². The van der Waals surface area contributed by atoms with Crippen molar-refractivity contribution in [1.82, 2.24) is 4.90 Å². The summed E-state index contributed by atoms with van der Waals surface area (Å²) in [5.41, 5.74) is 7.07. The Bertz CT molecular complexity index is 434. The van der Waals surface area contributed by atoms with E-state index in [1.54, 1.807) is 17.0 Å². The number of hydrogen-bond acceptors (Lipinski definition) is 3. The van der Waals surface area contributed by atoms with Gasteiger partial charge in [0.2, 0.25) is 0 Å². The molecule has 0 aromatic heterocycles. The van der Waals surface area contributed by atoms with Crippen molar-refractivity contribution in [3.05, 3.63) is 24.3 Å². The van der Waals surface area contributed by atoms with E-state index in [1.165, 1.54) is 4.90 Å². The molecule has 2 rings (SSSR count). The molecular weight excluding hydrogens is 204 g/mol. The number of carbonyl (C=O) groups is 1. The van der Waals surface area contributed by atoms with Gasteiger partial charge < -0.3 is 10.6 Å². The lowest BCUT2D eigenvalue weighted by atomic mass is 10.2. The monoisotopic (exact) mass is 216 g/mol. The van der Waals surface area contributed by atoms with Crippen LogP contribution in [0.25, 0.3) is 0 Å². The van der Waals surface area contributed by atoms with Crippen molar-refractivity contribution in [3.63, 3.8) is 0 Å². The minimum Gasteiger partial charge on any atom is -0.399 e. The normalized spacial score (nSPS) is 15.3. The van der Waals surface area contributed by atoms with Crippen LogP contribution in [0.2, 0.25) is 0 Å². The van der Waals surface area contributed by atoms with E-state index in [0.717, 1.165) is 5.69 Å². The molecule has 0 spiro atoms. The Kier molecular flexibility index (Phi) is 2.64. The standard InChI is InChI=1S/C11H12N4O/c12-5-6-14-7-8-15(11(14)16)10-3-1-9(13)2-4-10/h1-4H,6-8,13H2. The van der Waals surface area contributed by atoms with E-state index >= 15 is 0 Å². The number of amides is 2. The Morgan fingerprint density at radius 2 is 2.00 bits per heavy atom. The van der Waals surface area contributed by atoms with Crippen LogP contribution in [0.15, 0.2) is 24.3 Å². The van der Waals surface area contributed by atoms with Crippen molar-refractivity contribution in [2.45, 2.75) is 0 Å². The fourth-order valence-electron chi connectivity index (χ4n) is 1.71. The van der Waals surface area contributed by atoms with E-state index < -0.39 is 0 Å². The van der Waals surface area contributed by atoms with Gasteiger partial charge in [-0.15, -0.1) is 0 Å². The van der Waals surface area contributed by atoms with Crippen LogP contribution in [0.5, 0.6) is 0 Å². The molecule has 0 bridgehead atoms. The summed E-state index contributed by atoms with van der Waals surface area (Å²) in [7, 11) is 0. The second-order valence-electron chi connectivity index (χ2n) is 3.61. The van der Waals surface area contributed by atoms with Crippen molar-refractivity contribution in [2.24, 2.45) is 0 Å². The highest BCUT2D eigenvalue weighted by Gasteiger charge is 2.28. The van der Waals surface area contributed by atoms with Crippen LogP contribution in [0, 0.1) is 11.3 Å². The van der Waals surface area contributed by atoms with E-state index in [0.29, 0.717) is 18.8 Å². The molecule has 2 amide bonds. The number of anilines is 2. The van der Waals surface area contributed by atoms with Gasteiger partial charge in [-0.1, -0.05) is 0 Å². The molecule has 1 fully saturated rings. The topological polar surface area (TPSA) is 73.4 Å². The summed E-state index contributed by atoms with van der Waals surface area (Å²) < 4.78 is 0. The first-order valence-electron chi connectivity index (χ1n) is 5.01. The Labute approximate surface area is 93.7 Å². The third-order valence-electron chi connectivity index (χ3n) is 2.56. The number of nitrogens with two attached hydrogens (primary N) is 1. The number of nitrogens with zero attached hydrogens (tertiary/aromatic N) is 3. The maximum Gasteiger partial charge on any atom is 0.325 e. The fourth-order valence-corrected chi connectivity index (χ4v) is 1.71. The first-order valence-corrected chi connectivity index (χ1v) is 5.01. The zero-order valence-corrected chi connectivity index (χ0v) is 8.76. The van der Waals surface area contributed by atoms with Gasteiger partial charge in [0.05, 0.1) is 6.07 Å². The zero-order chi connectivity index (χ0) is 11.5. The summed E-state index contributed by atoms with van der Waals surface area (Å²) in [5, 5.41) is 8.56. The van der Waals surface area contributed by atoms with Crippen LogP contribution in [0.4, 0.5) is 16.2 Å². The number of rotatable bonds is 2. The molecule has 0 unspecified atom stereocenters. The largest absolute Gasteiger partial charge is 0.399 e. The first-order chi connectivity index (χ1) is 7.72. The zero-order valence-electron chi connectivity index (χ0n) is 8.76. The van der Waals surface area contributed by atoms with Gasteiger partial charge in [-0.25, -0.2) is 4.79 Å². The Morgan fingerprint density at radius 1 is 1.31 bits per heavy atom. The highest BCUT2D eigenvalue weighted by Crippen LogP contribution is 2.21. The molecule has 16 heavy (non-hydrogen) atoms. The van der Waals surface area contributed by atoms with Crippen LogP contribution in [-0.4, -0.2) is 30.6 Å². The van der Waals surface area contributed by atoms with E-state index in [2.05, 4.69) is 0 Å². The van der Waals surface area contributed by atoms with E-state index in [-0.39, 0.29) is 12.6 Å². The van der Waals surface area contributed by atoms with Gasteiger partial charge >= 0.3 is 6.03 Å². The highest BCUT2D eigenvalue weighted by atomic mass is 16.2. The smallest absolute Gasteiger partial charge is 0.325 e. The molecule has 1 heterocycles. The van der Waals surface area contributed by atoms with E-state index in [1.807, 2.05) is 18.2 Å². The molecule has 0 aliphatic carbocycles. The predicted octanol–water partition coefficient (Wildman–Crippen LogP) is 1.03. The number of hydrogen-bond donors (Lipinski definition) is 1. The van der Waals surface area contributed by atoms with Crippen molar-refractivity contribution in [3.8, 4) is 6.07 Å². The van der Waals surface area contributed by atoms with Gasteiger partial charge in [0, 0.05) is 24.5 Å². The molecular formula is C11H12N4O. The van der Waals surface area contributed by atoms with Crippen LogP contribution in [0.1, 0.15) is 0 Å². The highest BCUT2D eigenvalue weighted by molar-refractivity contribution is 5.94. The van der Waals surface area contributed by atoms with Crippen molar-refractivity contribution in [1.29, 1.82) is 5.26 Å². The summed E-state index contributed by atoms with van der Waals surface area (Å²) in [6.45, 7) is 1.35. The molecule has 0 saturated carbocycles. The molecule has 0 atom stereocenters. The van der Waals surface area contributed by atoms with Crippen LogP contribution in [-0.2, 0) is 0 Å². The van der Waals surface area contributed by atoms with Gasteiger partial charge in [0.25, 0.3) is 0 Å².